The molecule has 43 heavy (non-hydrogen) atoms. The van der Waals surface area contributed by atoms with Crippen LogP contribution in [-0.2, 0) is 6.54 Å². The Morgan fingerprint density at radius 1 is 0.860 bits per heavy atom. The van der Waals surface area contributed by atoms with Gasteiger partial charge in [0.25, 0.3) is 5.91 Å². The van der Waals surface area contributed by atoms with Gasteiger partial charge in [0.05, 0.1) is 11.1 Å². The molecule has 0 radical (unpaired) electrons. The largest absolute Gasteiger partial charge is 0.362 e. The van der Waals surface area contributed by atoms with Crippen molar-refractivity contribution in [2.24, 2.45) is 11.8 Å². The van der Waals surface area contributed by atoms with Crippen LogP contribution < -0.4 is 10.2 Å². The summed E-state index contributed by atoms with van der Waals surface area (Å²) in [7, 11) is 3.99. The average molecular weight is 578 g/mol. The Hall–Kier alpha value is -4.19. The predicted molar refractivity (Wildman–Crippen MR) is 181 cm³/mol. The van der Waals surface area contributed by atoms with Crippen molar-refractivity contribution in [1.82, 2.24) is 19.9 Å². The van der Waals surface area contributed by atoms with Gasteiger partial charge in [-0.1, -0.05) is 94.3 Å². The van der Waals surface area contributed by atoms with Crippen molar-refractivity contribution < 1.29 is 4.79 Å². The van der Waals surface area contributed by atoms with E-state index in [-0.39, 0.29) is 5.91 Å². The first-order valence-electron chi connectivity index (χ1n) is 15.7. The number of aromatic nitrogens is 3. The molecular weight excluding hydrogens is 530 g/mol. The summed E-state index contributed by atoms with van der Waals surface area (Å²) in [5.74, 6) is 3.31. The van der Waals surface area contributed by atoms with Gasteiger partial charge in [-0.25, -0.2) is 9.97 Å². The summed E-state index contributed by atoms with van der Waals surface area (Å²) in [4.78, 5) is 23.7. The van der Waals surface area contributed by atoms with Gasteiger partial charge in [-0.2, -0.15) is 0 Å². The molecule has 0 saturated heterocycles. The molecule has 6 rings (SSSR count). The van der Waals surface area contributed by atoms with Crippen LogP contribution in [0.1, 0.15) is 68.2 Å². The fraction of sp³-hybridized carbons (Fsp3) is 0.378. The molecule has 1 fully saturated rings. The monoisotopic (exact) mass is 577 g/mol. The van der Waals surface area contributed by atoms with E-state index in [2.05, 4.69) is 57.1 Å². The second kappa shape index (κ2) is 15.3. The highest BCUT2D eigenvalue weighted by Crippen LogP contribution is 2.28. The molecule has 0 unspecified atom stereocenters. The molecule has 2 heterocycles. The molecule has 0 atom stereocenters. The van der Waals surface area contributed by atoms with Gasteiger partial charge in [-0.3, -0.25) is 4.79 Å². The summed E-state index contributed by atoms with van der Waals surface area (Å²) in [6, 6.07) is 26.6. The molecule has 6 heteroatoms. The fourth-order valence-electron chi connectivity index (χ4n) is 5.72. The van der Waals surface area contributed by atoms with Crippen LogP contribution >= 0.6 is 0 Å². The van der Waals surface area contributed by atoms with E-state index in [0.717, 1.165) is 58.0 Å². The number of nitrogens with one attached hydrogen (secondary N) is 1. The molecule has 0 aliphatic heterocycles. The van der Waals surface area contributed by atoms with Crippen LogP contribution in [0.2, 0.25) is 0 Å². The van der Waals surface area contributed by atoms with Crippen molar-refractivity contribution in [3.8, 4) is 0 Å². The molecule has 1 amide bonds. The summed E-state index contributed by atoms with van der Waals surface area (Å²) in [5, 5.41) is 5.33. The zero-order valence-corrected chi connectivity index (χ0v) is 26.7. The Balaban J connectivity index is 0.000000222. The molecule has 226 valence electrons. The molecule has 3 aromatic carbocycles. The second-order valence-electron chi connectivity index (χ2n) is 11.5. The molecule has 5 aromatic rings. The Labute approximate surface area is 257 Å². The Kier molecular flexibility index (Phi) is 11.3. The molecule has 2 aromatic heterocycles. The first-order valence-corrected chi connectivity index (χ1v) is 15.7. The van der Waals surface area contributed by atoms with Crippen molar-refractivity contribution in [3.63, 3.8) is 0 Å². The summed E-state index contributed by atoms with van der Waals surface area (Å²) < 4.78 is 2.18. The fourth-order valence-corrected chi connectivity index (χ4v) is 5.72. The lowest BCUT2D eigenvalue weighted by atomic mass is 9.83. The lowest BCUT2D eigenvalue weighted by molar-refractivity contribution is 0.0943. The summed E-state index contributed by atoms with van der Waals surface area (Å²) in [5.41, 5.74) is 4.13. The van der Waals surface area contributed by atoms with Gasteiger partial charge in [0.2, 0.25) is 0 Å². The number of rotatable bonds is 6. The maximum Gasteiger partial charge on any atom is 0.253 e. The topological polar surface area (TPSA) is 63.1 Å². The Morgan fingerprint density at radius 2 is 1.49 bits per heavy atom. The molecular formula is C37H47N5O. The van der Waals surface area contributed by atoms with Crippen molar-refractivity contribution in [2.75, 3.05) is 25.5 Å². The molecule has 1 aliphatic carbocycles. The van der Waals surface area contributed by atoms with E-state index in [4.69, 9.17) is 0 Å². The SMILES string of the molecule is CC.CC1CCC(CNC(=O)c2cn(Cc3ccccc3)c3ccccc23)CC1.Cc1nc(N(C)C)c2ccccc2n1. The van der Waals surface area contributed by atoms with Crippen molar-refractivity contribution in [1.29, 1.82) is 0 Å². The van der Waals surface area contributed by atoms with E-state index in [0.29, 0.717) is 5.92 Å². The van der Waals surface area contributed by atoms with E-state index in [9.17, 15) is 4.79 Å². The molecule has 6 nitrogen and oxygen atoms in total. The number of fused-ring (bicyclic) bond motifs is 2. The van der Waals surface area contributed by atoms with Gasteiger partial charge in [0, 0.05) is 49.7 Å². The van der Waals surface area contributed by atoms with Gasteiger partial charge < -0.3 is 14.8 Å². The van der Waals surface area contributed by atoms with Crippen LogP contribution in [-0.4, -0.2) is 41.1 Å². The quantitative estimate of drug-likeness (QED) is 0.221. The smallest absolute Gasteiger partial charge is 0.253 e. The minimum absolute atomic E-state index is 0.0524. The molecule has 1 N–H and O–H groups in total. The average Bonchev–Trinajstić information content (AvgIpc) is 3.40. The summed E-state index contributed by atoms with van der Waals surface area (Å²) >= 11 is 0. The van der Waals surface area contributed by atoms with E-state index in [1.54, 1.807) is 0 Å². The third kappa shape index (κ3) is 8.22. The van der Waals surface area contributed by atoms with Crippen molar-refractivity contribution in [3.05, 3.63) is 102 Å². The van der Waals surface area contributed by atoms with Crippen LogP contribution in [0.4, 0.5) is 5.82 Å². The van der Waals surface area contributed by atoms with Crippen LogP contribution in [0, 0.1) is 18.8 Å². The highest BCUT2D eigenvalue weighted by molar-refractivity contribution is 6.07. The standard InChI is InChI=1S/C24H28N2O.C11H13N3.C2H6/c1-18-11-13-19(14-12-18)15-25-24(27)22-17-26(16-20-7-3-2-4-8-20)23-10-6-5-9-21(22)23;1-8-12-10-7-5-4-6-9(10)11(13-8)14(2)3;1-2/h2-10,17-19H,11-16H2,1H3,(H,25,27);4-7H,1-3H3;1-2H3. The van der Waals surface area contributed by atoms with E-state index in [1.807, 2.05) is 94.5 Å². The zero-order valence-electron chi connectivity index (χ0n) is 26.7. The number of carbonyl (C=O) groups excluding carboxylic acids is 1. The van der Waals surface area contributed by atoms with E-state index >= 15 is 0 Å². The molecule has 1 saturated carbocycles. The van der Waals surface area contributed by atoms with Gasteiger partial charge in [0.1, 0.15) is 11.6 Å². The van der Waals surface area contributed by atoms with Gasteiger partial charge in [-0.15, -0.1) is 0 Å². The highest BCUT2D eigenvalue weighted by atomic mass is 16.1. The lowest BCUT2D eigenvalue weighted by Crippen LogP contribution is -2.31. The molecule has 1 aliphatic rings. The third-order valence-corrected chi connectivity index (χ3v) is 8.03. The normalized spacial score (nSPS) is 16.0. The van der Waals surface area contributed by atoms with Crippen LogP contribution in [0.3, 0.4) is 0 Å². The van der Waals surface area contributed by atoms with Gasteiger partial charge >= 0.3 is 0 Å². The number of benzene rings is 3. The van der Waals surface area contributed by atoms with E-state index < -0.39 is 0 Å². The van der Waals surface area contributed by atoms with Crippen LogP contribution in [0.15, 0.2) is 85.1 Å². The number of hydrogen-bond acceptors (Lipinski definition) is 4. The first kappa shape index (κ1) is 31.7. The third-order valence-electron chi connectivity index (χ3n) is 8.03. The lowest BCUT2D eigenvalue weighted by Gasteiger charge is -2.26. The van der Waals surface area contributed by atoms with Gasteiger partial charge in [-0.05, 0) is 55.4 Å². The number of aryl methyl sites for hydroxylation is 1. The minimum Gasteiger partial charge on any atom is -0.362 e. The summed E-state index contributed by atoms with van der Waals surface area (Å²) in [6.07, 6.45) is 7.05. The summed E-state index contributed by atoms with van der Waals surface area (Å²) in [6.45, 7) is 9.81. The Bertz CT molecular complexity index is 1600. The maximum atomic E-state index is 12.9. The van der Waals surface area contributed by atoms with Crippen molar-refractivity contribution in [2.45, 2.75) is 59.9 Å². The molecule has 0 spiro atoms. The highest BCUT2D eigenvalue weighted by Gasteiger charge is 2.20. The second-order valence-corrected chi connectivity index (χ2v) is 11.5. The van der Waals surface area contributed by atoms with Gasteiger partial charge in [0.15, 0.2) is 0 Å². The zero-order chi connectivity index (χ0) is 30.8. The minimum atomic E-state index is 0.0524. The number of amides is 1. The number of hydrogen-bond donors (Lipinski definition) is 1. The van der Waals surface area contributed by atoms with Crippen molar-refractivity contribution >= 4 is 33.5 Å². The predicted octanol–water partition coefficient (Wildman–Crippen LogP) is 8.28. The van der Waals surface area contributed by atoms with E-state index in [1.165, 1.54) is 31.2 Å². The molecule has 0 bridgehead atoms. The van der Waals surface area contributed by atoms with Crippen LogP contribution in [0.5, 0.6) is 0 Å². The maximum absolute atomic E-state index is 12.9. The van der Waals surface area contributed by atoms with Crippen LogP contribution in [0.25, 0.3) is 21.8 Å². The first-order chi connectivity index (χ1) is 20.9. The Morgan fingerprint density at radius 3 is 2.19 bits per heavy atom. The number of para-hydroxylation sites is 2. The number of carbonyl (C=O) groups is 1. The number of anilines is 1. The number of nitrogens with zero attached hydrogens (tertiary/aromatic N) is 4.